The minimum Gasteiger partial charge on any atom is -0.497 e. The first kappa shape index (κ1) is 38.1. The molecule has 0 bridgehead atoms. The number of carboxylic acid groups (broad SMARTS) is 1. The highest BCUT2D eigenvalue weighted by Crippen LogP contribution is 2.28. The number of ether oxygens (including phenoxy) is 1. The van der Waals surface area contributed by atoms with Crippen molar-refractivity contribution in [1.29, 1.82) is 0 Å². The lowest BCUT2D eigenvalue weighted by Crippen LogP contribution is -2.49. The number of nitrogens with zero attached hydrogens (tertiary/aromatic N) is 10. The minimum absolute atomic E-state index is 0.160. The standard InChI is InChI=1S/C37H45N11O5S/c1-37(2,3)29-23-54-35(38-29)40-33(49)25-13-18-47-31(21-25)39-32(45-16-14-26(15-17-45)46(36(51)52)20-19-44(4)5)28(34(47)50)11-12-30-41-43-48(42-30)22-24-7-9-27(53-6)10-8-24/h7-13,18,21,23,26H,14-17,19-20,22H2,1-6H3,(H,51,52)(H,38,40,49). The summed E-state index contributed by atoms with van der Waals surface area (Å²) < 4.78 is 6.63. The van der Waals surface area contributed by atoms with E-state index in [1.165, 1.54) is 31.6 Å². The zero-order valence-corrected chi connectivity index (χ0v) is 32.1. The van der Waals surface area contributed by atoms with Gasteiger partial charge in [0.05, 0.1) is 24.9 Å². The van der Waals surface area contributed by atoms with Gasteiger partial charge in [-0.25, -0.2) is 14.8 Å². The molecule has 4 aromatic heterocycles. The number of carbonyl (C=O) groups is 2. The number of methoxy groups -OCH3 is 1. The number of piperidine rings is 1. The van der Waals surface area contributed by atoms with Crippen LogP contribution in [0.2, 0.25) is 0 Å². The van der Waals surface area contributed by atoms with Crippen LogP contribution in [-0.4, -0.2) is 115 Å². The van der Waals surface area contributed by atoms with Gasteiger partial charge in [0.1, 0.15) is 17.2 Å². The van der Waals surface area contributed by atoms with Crippen LogP contribution in [0.25, 0.3) is 17.8 Å². The highest BCUT2D eigenvalue weighted by Gasteiger charge is 2.30. The van der Waals surface area contributed by atoms with Gasteiger partial charge in [-0.15, -0.1) is 21.5 Å². The summed E-state index contributed by atoms with van der Waals surface area (Å²) in [5.74, 6) is 1.10. The smallest absolute Gasteiger partial charge is 0.407 e. The van der Waals surface area contributed by atoms with Gasteiger partial charge in [-0.1, -0.05) is 32.9 Å². The minimum atomic E-state index is -0.952. The Balaban J connectivity index is 1.29. The highest BCUT2D eigenvalue weighted by molar-refractivity contribution is 7.14. The first-order valence-corrected chi connectivity index (χ1v) is 18.5. The van der Waals surface area contributed by atoms with E-state index in [1.54, 1.807) is 31.4 Å². The Kier molecular flexibility index (Phi) is 11.4. The van der Waals surface area contributed by atoms with Crippen molar-refractivity contribution in [3.05, 3.63) is 86.5 Å². The Morgan fingerprint density at radius 1 is 1.07 bits per heavy atom. The van der Waals surface area contributed by atoms with Crippen LogP contribution in [0, 0.1) is 0 Å². The molecule has 6 rings (SSSR count). The lowest BCUT2D eigenvalue weighted by atomic mass is 9.93. The van der Waals surface area contributed by atoms with Crippen LogP contribution >= 0.6 is 11.3 Å². The topological polar surface area (TPSA) is 176 Å². The van der Waals surface area contributed by atoms with Gasteiger partial charge in [-0.2, -0.15) is 4.80 Å². The second-order valence-electron chi connectivity index (χ2n) is 14.4. The molecule has 0 spiro atoms. The molecule has 5 aromatic rings. The Labute approximate surface area is 316 Å². The Hall–Kier alpha value is -5.68. The molecular weight excluding hydrogens is 711 g/mol. The molecule has 1 aromatic carbocycles. The number of hydrogen-bond donors (Lipinski definition) is 2. The molecule has 1 aliphatic heterocycles. The molecule has 2 amide bonds. The number of carbonyl (C=O) groups excluding carboxylic acids is 1. The van der Waals surface area contributed by atoms with Gasteiger partial charge in [-0.05, 0) is 74.1 Å². The van der Waals surface area contributed by atoms with Crippen LogP contribution in [0.5, 0.6) is 5.75 Å². The summed E-state index contributed by atoms with van der Waals surface area (Å²) in [6, 6.07) is 10.5. The molecule has 16 nitrogen and oxygen atoms in total. The molecule has 2 N–H and O–H groups in total. The molecule has 284 valence electrons. The summed E-state index contributed by atoms with van der Waals surface area (Å²) in [5.41, 5.74) is 2.24. The number of rotatable bonds is 12. The van der Waals surface area contributed by atoms with Crippen molar-refractivity contribution in [2.24, 2.45) is 0 Å². The third-order valence-electron chi connectivity index (χ3n) is 9.19. The Morgan fingerprint density at radius 2 is 1.81 bits per heavy atom. The van der Waals surface area contributed by atoms with Gasteiger partial charge in [-0.3, -0.25) is 19.3 Å². The molecule has 1 fully saturated rings. The molecule has 0 unspecified atom stereocenters. The van der Waals surface area contributed by atoms with Crippen molar-refractivity contribution in [1.82, 2.24) is 44.4 Å². The molecule has 17 heteroatoms. The largest absolute Gasteiger partial charge is 0.497 e. The molecule has 0 radical (unpaired) electrons. The number of pyridine rings is 1. The molecule has 54 heavy (non-hydrogen) atoms. The van der Waals surface area contributed by atoms with E-state index in [-0.39, 0.29) is 28.6 Å². The maximum absolute atomic E-state index is 14.2. The van der Waals surface area contributed by atoms with Gasteiger partial charge in [0.15, 0.2) is 11.0 Å². The molecular formula is C37H45N11O5S. The number of tetrazole rings is 1. The number of aromatic nitrogens is 7. The van der Waals surface area contributed by atoms with Crippen LogP contribution in [0.1, 0.15) is 66.6 Å². The van der Waals surface area contributed by atoms with Crippen molar-refractivity contribution < 1.29 is 19.4 Å². The molecule has 0 aliphatic carbocycles. The van der Waals surface area contributed by atoms with Gasteiger partial charge in [0.25, 0.3) is 11.5 Å². The van der Waals surface area contributed by atoms with Gasteiger partial charge in [0, 0.05) is 54.8 Å². The highest BCUT2D eigenvalue weighted by atomic mass is 32.1. The summed E-state index contributed by atoms with van der Waals surface area (Å²) in [5, 5.41) is 28.1. The summed E-state index contributed by atoms with van der Waals surface area (Å²) in [7, 11) is 5.44. The number of fused-ring (bicyclic) bond motifs is 1. The van der Waals surface area contributed by atoms with E-state index in [2.05, 4.69) is 46.5 Å². The first-order chi connectivity index (χ1) is 25.8. The average Bonchev–Trinajstić information content (AvgIpc) is 3.81. The van der Waals surface area contributed by atoms with Crippen LogP contribution < -0.4 is 20.5 Å². The van der Waals surface area contributed by atoms with E-state index in [1.807, 2.05) is 53.5 Å². The van der Waals surface area contributed by atoms with Crippen LogP contribution in [-0.2, 0) is 12.0 Å². The van der Waals surface area contributed by atoms with Crippen molar-refractivity contribution >= 4 is 52.1 Å². The van der Waals surface area contributed by atoms with Crippen molar-refractivity contribution in [2.45, 2.75) is 51.6 Å². The monoisotopic (exact) mass is 755 g/mol. The van der Waals surface area contributed by atoms with E-state index < -0.39 is 6.09 Å². The number of anilines is 2. The predicted molar refractivity (Wildman–Crippen MR) is 208 cm³/mol. The molecule has 5 heterocycles. The maximum atomic E-state index is 14.2. The first-order valence-electron chi connectivity index (χ1n) is 17.6. The maximum Gasteiger partial charge on any atom is 0.407 e. The summed E-state index contributed by atoms with van der Waals surface area (Å²) in [6.45, 7) is 8.51. The molecule has 0 saturated carbocycles. The Morgan fingerprint density at radius 3 is 2.46 bits per heavy atom. The number of amides is 2. The third kappa shape index (κ3) is 8.91. The number of benzene rings is 1. The molecule has 0 atom stereocenters. The quantitative estimate of drug-likeness (QED) is 0.184. The summed E-state index contributed by atoms with van der Waals surface area (Å²) >= 11 is 1.35. The van der Waals surface area contributed by atoms with Gasteiger partial charge < -0.3 is 24.5 Å². The fourth-order valence-electron chi connectivity index (χ4n) is 6.09. The van der Waals surface area contributed by atoms with E-state index in [4.69, 9.17) is 9.72 Å². The number of nitrogens with one attached hydrogen (secondary N) is 1. The number of likely N-dealkylation sites (N-methyl/N-ethyl adjacent to an activating group) is 1. The second-order valence-corrected chi connectivity index (χ2v) is 15.3. The fraction of sp³-hybridized carbons (Fsp3) is 0.405. The molecule has 1 saturated heterocycles. The van der Waals surface area contributed by atoms with Crippen molar-refractivity contribution in [3.8, 4) is 5.75 Å². The normalized spacial score (nSPS) is 13.9. The van der Waals surface area contributed by atoms with Gasteiger partial charge >= 0.3 is 6.09 Å². The zero-order chi connectivity index (χ0) is 38.6. The van der Waals surface area contributed by atoms with E-state index >= 15 is 0 Å². The number of hydrogen-bond acceptors (Lipinski definition) is 12. The average molecular weight is 756 g/mol. The van der Waals surface area contributed by atoms with Gasteiger partial charge in [0.2, 0.25) is 0 Å². The summed E-state index contributed by atoms with van der Waals surface area (Å²) in [4.78, 5) is 56.1. The van der Waals surface area contributed by atoms with Crippen molar-refractivity contribution in [2.75, 3.05) is 57.6 Å². The Bertz CT molecular complexity index is 2200. The zero-order valence-electron chi connectivity index (χ0n) is 31.3. The summed E-state index contributed by atoms with van der Waals surface area (Å²) in [6.07, 6.45) is 4.94. The van der Waals surface area contributed by atoms with Crippen LogP contribution in [0.15, 0.2) is 52.8 Å². The van der Waals surface area contributed by atoms with E-state index in [0.717, 1.165) is 17.0 Å². The third-order valence-corrected chi connectivity index (χ3v) is 9.95. The van der Waals surface area contributed by atoms with Crippen LogP contribution in [0.3, 0.4) is 0 Å². The predicted octanol–water partition coefficient (Wildman–Crippen LogP) is 4.43. The van der Waals surface area contributed by atoms with E-state index in [0.29, 0.717) is 73.5 Å². The lowest BCUT2D eigenvalue weighted by molar-refractivity contribution is 0.102. The fourth-order valence-corrected chi connectivity index (χ4v) is 7.02. The van der Waals surface area contributed by atoms with Crippen molar-refractivity contribution in [3.63, 3.8) is 0 Å². The van der Waals surface area contributed by atoms with Crippen LogP contribution in [0.4, 0.5) is 15.7 Å². The second kappa shape index (κ2) is 16.1. The van der Waals surface area contributed by atoms with E-state index in [9.17, 15) is 19.5 Å². The molecule has 1 aliphatic rings. The lowest BCUT2D eigenvalue weighted by Gasteiger charge is -2.38. The number of thiazole rings is 1. The SMILES string of the molecule is COc1ccc(Cn2nnc(C=Cc3c(N4CCC(N(CCN(C)C)C(=O)O)CC4)nc4cc(C(=O)Nc5nc(C(C)(C)C)cs5)ccn4c3=O)n2)cc1.